The zero-order valence-corrected chi connectivity index (χ0v) is 10.1. The standard InChI is InChI=1S/C8H11NO.CHF3O3S/c1-10-8-4-2-7(6-9)3-5-8;2-1(3,4)8(5,6)7/h2-5H,6,9H2,1H3;(H,5,6,7). The van der Waals surface area contributed by atoms with E-state index in [-0.39, 0.29) is 0 Å². The molecule has 3 N–H and O–H groups in total. The minimum absolute atomic E-state index is 0.587. The summed E-state index contributed by atoms with van der Waals surface area (Å²) in [6.07, 6.45) is 0. The van der Waals surface area contributed by atoms with Gasteiger partial charge in [-0.3, -0.25) is 4.55 Å². The monoisotopic (exact) mass is 287 g/mol. The fourth-order valence-corrected chi connectivity index (χ4v) is 0.762. The SMILES string of the molecule is COc1ccc(CN)cc1.O=S(=O)(O)C(F)(F)F. The van der Waals surface area contributed by atoms with Crippen LogP contribution in [-0.2, 0) is 16.7 Å². The van der Waals surface area contributed by atoms with Crippen LogP contribution in [0.2, 0.25) is 0 Å². The van der Waals surface area contributed by atoms with Crippen LogP contribution in [0.3, 0.4) is 0 Å². The molecule has 0 unspecified atom stereocenters. The lowest BCUT2D eigenvalue weighted by atomic mass is 10.2. The molecule has 0 aliphatic rings. The molecule has 104 valence electrons. The average molecular weight is 287 g/mol. The van der Waals surface area contributed by atoms with Crippen molar-refractivity contribution in [3.63, 3.8) is 0 Å². The number of benzene rings is 1. The van der Waals surface area contributed by atoms with E-state index in [1.165, 1.54) is 0 Å². The Morgan fingerprint density at radius 3 is 1.89 bits per heavy atom. The van der Waals surface area contributed by atoms with Crippen molar-refractivity contribution in [3.05, 3.63) is 29.8 Å². The number of nitrogens with two attached hydrogens (primary N) is 1. The molecule has 18 heavy (non-hydrogen) atoms. The molecule has 0 radical (unpaired) electrons. The van der Waals surface area contributed by atoms with Crippen LogP contribution in [0.4, 0.5) is 13.2 Å². The summed E-state index contributed by atoms with van der Waals surface area (Å²) in [5.74, 6) is 0.872. The highest BCUT2D eigenvalue weighted by Crippen LogP contribution is 2.20. The Hall–Kier alpha value is -1.32. The summed E-state index contributed by atoms with van der Waals surface area (Å²) in [4.78, 5) is 0. The van der Waals surface area contributed by atoms with Gasteiger partial charge in [0.1, 0.15) is 5.75 Å². The largest absolute Gasteiger partial charge is 0.522 e. The third-order valence-electron chi connectivity index (χ3n) is 1.69. The molecule has 1 aromatic rings. The van der Waals surface area contributed by atoms with Gasteiger partial charge in [-0.05, 0) is 17.7 Å². The van der Waals surface area contributed by atoms with Crippen LogP contribution in [0.25, 0.3) is 0 Å². The number of hydrogen-bond donors (Lipinski definition) is 2. The van der Waals surface area contributed by atoms with Crippen molar-refractivity contribution in [2.45, 2.75) is 12.1 Å². The Morgan fingerprint density at radius 1 is 1.28 bits per heavy atom. The molecule has 9 heteroatoms. The van der Waals surface area contributed by atoms with Crippen molar-refractivity contribution < 1.29 is 30.9 Å². The fourth-order valence-electron chi connectivity index (χ4n) is 0.762. The van der Waals surface area contributed by atoms with Gasteiger partial charge in [-0.2, -0.15) is 21.6 Å². The van der Waals surface area contributed by atoms with Gasteiger partial charge in [-0.25, -0.2) is 0 Å². The molecule has 0 spiro atoms. The van der Waals surface area contributed by atoms with Gasteiger partial charge in [0, 0.05) is 6.54 Å². The summed E-state index contributed by atoms with van der Waals surface area (Å²) in [5, 5.41) is 0. The maximum absolute atomic E-state index is 10.7. The van der Waals surface area contributed by atoms with E-state index in [1.807, 2.05) is 24.3 Å². The lowest BCUT2D eigenvalue weighted by molar-refractivity contribution is -0.0510. The van der Waals surface area contributed by atoms with E-state index in [9.17, 15) is 13.2 Å². The molecule has 0 amide bonds. The van der Waals surface area contributed by atoms with Crippen LogP contribution >= 0.6 is 0 Å². The summed E-state index contributed by atoms with van der Waals surface area (Å²) >= 11 is 0. The van der Waals surface area contributed by atoms with Crippen molar-refractivity contribution in [2.75, 3.05) is 7.11 Å². The Bertz CT molecular complexity index is 433. The van der Waals surface area contributed by atoms with Crippen molar-refractivity contribution in [2.24, 2.45) is 5.73 Å². The molecule has 0 aliphatic heterocycles. The summed E-state index contributed by atoms with van der Waals surface area (Å²) in [5.41, 5.74) is 0.992. The zero-order chi connectivity index (χ0) is 14.4. The Balaban J connectivity index is 0.000000331. The van der Waals surface area contributed by atoms with Gasteiger partial charge in [0.25, 0.3) is 0 Å². The van der Waals surface area contributed by atoms with Crippen molar-refractivity contribution >= 4 is 10.1 Å². The first kappa shape index (κ1) is 16.7. The average Bonchev–Trinajstić information content (AvgIpc) is 2.27. The fraction of sp³-hybridized carbons (Fsp3) is 0.333. The Kier molecular flexibility index (Phi) is 6.09. The van der Waals surface area contributed by atoms with Gasteiger partial charge in [0.05, 0.1) is 7.11 Å². The third-order valence-corrected chi connectivity index (χ3v) is 2.27. The van der Waals surface area contributed by atoms with E-state index in [4.69, 9.17) is 23.4 Å². The number of rotatable bonds is 2. The molecule has 1 aromatic carbocycles. The smallest absolute Gasteiger partial charge is 0.497 e. The van der Waals surface area contributed by atoms with E-state index in [0.29, 0.717) is 6.54 Å². The molecular weight excluding hydrogens is 275 g/mol. The molecular formula is C9H12F3NO4S. The minimum atomic E-state index is -5.84. The molecule has 0 saturated heterocycles. The van der Waals surface area contributed by atoms with Crippen molar-refractivity contribution in [1.82, 2.24) is 0 Å². The number of hydrogen-bond acceptors (Lipinski definition) is 4. The predicted octanol–water partition coefficient (Wildman–Crippen LogP) is 1.55. The van der Waals surface area contributed by atoms with E-state index in [0.717, 1.165) is 11.3 Å². The highest BCUT2D eigenvalue weighted by molar-refractivity contribution is 7.86. The number of halogens is 3. The molecule has 5 nitrogen and oxygen atoms in total. The van der Waals surface area contributed by atoms with Crippen LogP contribution in [-0.4, -0.2) is 25.6 Å². The maximum atomic E-state index is 10.7. The number of methoxy groups -OCH3 is 1. The molecule has 0 heterocycles. The highest BCUT2D eigenvalue weighted by Gasteiger charge is 2.44. The first-order valence-electron chi connectivity index (χ1n) is 4.48. The van der Waals surface area contributed by atoms with Gasteiger partial charge in [0.15, 0.2) is 0 Å². The second-order valence-corrected chi connectivity index (χ2v) is 4.39. The second-order valence-electron chi connectivity index (χ2n) is 2.97. The van der Waals surface area contributed by atoms with Crippen LogP contribution in [0, 0.1) is 0 Å². The van der Waals surface area contributed by atoms with E-state index in [2.05, 4.69) is 0 Å². The van der Waals surface area contributed by atoms with Gasteiger partial charge >= 0.3 is 15.6 Å². The van der Waals surface area contributed by atoms with E-state index >= 15 is 0 Å². The summed E-state index contributed by atoms with van der Waals surface area (Å²) in [6, 6.07) is 7.72. The van der Waals surface area contributed by atoms with Gasteiger partial charge in [-0.15, -0.1) is 0 Å². The van der Waals surface area contributed by atoms with Crippen LogP contribution < -0.4 is 10.5 Å². The molecule has 0 bridgehead atoms. The van der Waals surface area contributed by atoms with Crippen molar-refractivity contribution in [1.29, 1.82) is 0 Å². The predicted molar refractivity (Wildman–Crippen MR) is 58.5 cm³/mol. The molecule has 0 aromatic heterocycles. The van der Waals surface area contributed by atoms with Gasteiger partial charge < -0.3 is 10.5 Å². The first-order valence-corrected chi connectivity index (χ1v) is 5.92. The topological polar surface area (TPSA) is 89.6 Å². The summed E-state index contributed by atoms with van der Waals surface area (Å²) < 4.78 is 62.5. The maximum Gasteiger partial charge on any atom is 0.522 e. The molecule has 1 rings (SSSR count). The Labute approximate surface area is 102 Å². The molecule has 0 fully saturated rings. The lowest BCUT2D eigenvalue weighted by Crippen LogP contribution is -2.21. The first-order chi connectivity index (χ1) is 8.11. The van der Waals surface area contributed by atoms with E-state index in [1.54, 1.807) is 7.11 Å². The number of alkyl halides is 3. The second kappa shape index (κ2) is 6.57. The van der Waals surface area contributed by atoms with Gasteiger partial charge in [-0.1, -0.05) is 12.1 Å². The van der Waals surface area contributed by atoms with Crippen LogP contribution in [0.5, 0.6) is 5.75 Å². The molecule has 0 saturated carbocycles. The lowest BCUT2D eigenvalue weighted by Gasteiger charge is -1.99. The minimum Gasteiger partial charge on any atom is -0.497 e. The zero-order valence-electron chi connectivity index (χ0n) is 9.31. The highest BCUT2D eigenvalue weighted by atomic mass is 32.2. The summed E-state index contributed by atoms with van der Waals surface area (Å²) in [7, 11) is -4.19. The molecule has 0 aliphatic carbocycles. The number of ether oxygens (including phenoxy) is 1. The summed E-state index contributed by atoms with van der Waals surface area (Å²) in [6.45, 7) is 0.587. The van der Waals surface area contributed by atoms with Crippen molar-refractivity contribution in [3.8, 4) is 5.75 Å². The van der Waals surface area contributed by atoms with Crippen LogP contribution in [0.1, 0.15) is 5.56 Å². The normalized spacial score (nSPS) is 11.4. The third kappa shape index (κ3) is 5.84. The van der Waals surface area contributed by atoms with Crippen LogP contribution in [0.15, 0.2) is 24.3 Å². The molecule has 0 atom stereocenters. The quantitative estimate of drug-likeness (QED) is 0.636. The van der Waals surface area contributed by atoms with Gasteiger partial charge in [0.2, 0.25) is 0 Å². The van der Waals surface area contributed by atoms with E-state index < -0.39 is 15.6 Å². The Morgan fingerprint density at radius 2 is 1.67 bits per heavy atom.